The van der Waals surface area contributed by atoms with Crippen LogP contribution in [0.3, 0.4) is 0 Å². The van der Waals surface area contributed by atoms with E-state index in [1.54, 1.807) is 6.92 Å². The van der Waals surface area contributed by atoms with E-state index in [1.807, 2.05) is 6.92 Å². The van der Waals surface area contributed by atoms with Crippen molar-refractivity contribution in [2.75, 3.05) is 6.26 Å². The highest BCUT2D eigenvalue weighted by atomic mass is 32.2. The van der Waals surface area contributed by atoms with Gasteiger partial charge in [0.15, 0.2) is 0 Å². The second-order valence-corrected chi connectivity index (χ2v) is 10.4. The fraction of sp³-hybridized carbons (Fsp3) is 1.00. The summed E-state index contributed by atoms with van der Waals surface area (Å²) in [5, 5.41) is -0.341. The molecule has 0 aromatic heterocycles. The maximum atomic E-state index is 11.8. The van der Waals surface area contributed by atoms with E-state index in [1.165, 1.54) is 6.26 Å². The van der Waals surface area contributed by atoms with Gasteiger partial charge in [-0.3, -0.25) is 0 Å². The van der Waals surface area contributed by atoms with Crippen molar-refractivity contribution in [3.8, 4) is 0 Å². The van der Waals surface area contributed by atoms with E-state index in [2.05, 4.69) is 20.8 Å². The van der Waals surface area contributed by atoms with Gasteiger partial charge in [-0.05, 0) is 56.3 Å². The van der Waals surface area contributed by atoms with Crippen LogP contribution in [-0.2, 0) is 9.84 Å². The fourth-order valence-electron chi connectivity index (χ4n) is 4.40. The predicted molar refractivity (Wildman–Crippen MR) is 89.7 cm³/mol. The molecule has 0 aromatic rings. The minimum Gasteiger partial charge on any atom is -0.328 e. The quantitative estimate of drug-likeness (QED) is 0.813. The van der Waals surface area contributed by atoms with Crippen molar-refractivity contribution in [3.63, 3.8) is 0 Å². The summed E-state index contributed by atoms with van der Waals surface area (Å²) in [7, 11) is -3.02. The largest absolute Gasteiger partial charge is 0.328 e. The molecule has 0 radical (unpaired) electrons. The van der Waals surface area contributed by atoms with E-state index in [9.17, 15) is 8.42 Å². The number of nitrogens with two attached hydrogens (primary N) is 2. The van der Waals surface area contributed by atoms with Gasteiger partial charge in [-0.2, -0.15) is 0 Å². The summed E-state index contributed by atoms with van der Waals surface area (Å²) in [6.07, 6.45) is 4.04. The Kier molecular flexibility index (Phi) is 5.90. The molecule has 1 aliphatic carbocycles. The van der Waals surface area contributed by atoms with Crippen molar-refractivity contribution in [2.45, 2.75) is 71.2 Å². The van der Waals surface area contributed by atoms with Gasteiger partial charge in [0.25, 0.3) is 0 Å². The molecule has 1 fully saturated rings. The molecule has 4 N–H and O–H groups in total. The van der Waals surface area contributed by atoms with Gasteiger partial charge in [0, 0.05) is 18.3 Å². The number of hydrogen-bond acceptors (Lipinski definition) is 4. The average Bonchev–Trinajstić information content (AvgIpc) is 2.25. The minimum absolute atomic E-state index is 0.0155. The summed E-state index contributed by atoms with van der Waals surface area (Å²) in [6.45, 7) is 10.4. The highest BCUT2D eigenvalue weighted by Crippen LogP contribution is 2.49. The monoisotopic (exact) mass is 318 g/mol. The second-order valence-electron chi connectivity index (χ2n) is 7.91. The molecule has 21 heavy (non-hydrogen) atoms. The zero-order valence-electron chi connectivity index (χ0n) is 14.5. The van der Waals surface area contributed by atoms with E-state index < -0.39 is 9.84 Å². The van der Waals surface area contributed by atoms with Gasteiger partial charge in [0.05, 0.1) is 5.25 Å². The lowest BCUT2D eigenvalue weighted by Gasteiger charge is -2.52. The van der Waals surface area contributed by atoms with Crippen LogP contribution < -0.4 is 11.5 Å². The molecule has 5 heteroatoms. The molecule has 1 rings (SSSR count). The third-order valence-corrected chi connectivity index (χ3v) is 7.30. The average molecular weight is 319 g/mol. The summed E-state index contributed by atoms with van der Waals surface area (Å²) in [5.41, 5.74) is 12.7. The Balaban J connectivity index is 3.05. The standard InChI is InChI=1S/C16H34N2O2S/c1-10(2)13-7-8-16(5,9-11(3)21(6,19)20)14(12(4)17)15(13)18/h10-15H,7-9,17-18H2,1-6H3. The SMILES string of the molecule is CC(C)C1CCC(C)(CC(C)S(C)(=O)=O)C(C(C)N)C1N. The molecule has 6 atom stereocenters. The molecule has 0 bridgehead atoms. The van der Waals surface area contributed by atoms with E-state index in [0.717, 1.165) is 12.8 Å². The molecule has 0 amide bonds. The lowest BCUT2D eigenvalue weighted by molar-refractivity contribution is 0.0201. The van der Waals surface area contributed by atoms with Crippen molar-refractivity contribution in [3.05, 3.63) is 0 Å². The normalized spacial score (nSPS) is 37.5. The summed E-state index contributed by atoms with van der Waals surface area (Å²) >= 11 is 0. The topological polar surface area (TPSA) is 86.2 Å². The maximum absolute atomic E-state index is 11.8. The van der Waals surface area contributed by atoms with Crippen LogP contribution in [0.25, 0.3) is 0 Å². The van der Waals surface area contributed by atoms with E-state index in [-0.39, 0.29) is 28.7 Å². The molecular formula is C16H34N2O2S. The van der Waals surface area contributed by atoms with Crippen LogP contribution in [-0.4, -0.2) is 32.0 Å². The summed E-state index contributed by atoms with van der Waals surface area (Å²) in [4.78, 5) is 0. The maximum Gasteiger partial charge on any atom is 0.150 e. The third-order valence-electron chi connectivity index (χ3n) is 5.67. The minimum atomic E-state index is -3.02. The molecule has 4 nitrogen and oxygen atoms in total. The number of sulfone groups is 1. The first-order valence-corrected chi connectivity index (χ1v) is 10.1. The van der Waals surface area contributed by atoms with Crippen LogP contribution in [0.2, 0.25) is 0 Å². The molecule has 126 valence electrons. The summed E-state index contributed by atoms with van der Waals surface area (Å²) in [6, 6.07) is 0.0359. The first kappa shape index (κ1) is 18.9. The Hall–Kier alpha value is -0.130. The van der Waals surface area contributed by atoms with Crippen molar-refractivity contribution < 1.29 is 8.42 Å². The molecular weight excluding hydrogens is 284 g/mol. The molecule has 0 aliphatic heterocycles. The zero-order valence-corrected chi connectivity index (χ0v) is 15.3. The van der Waals surface area contributed by atoms with Gasteiger partial charge in [0.2, 0.25) is 0 Å². The lowest BCUT2D eigenvalue weighted by Crippen LogP contribution is -2.57. The predicted octanol–water partition coefficient (Wildman–Crippen LogP) is 2.17. The molecule has 0 heterocycles. The van der Waals surface area contributed by atoms with Crippen molar-refractivity contribution in [2.24, 2.45) is 34.6 Å². The Morgan fingerprint density at radius 1 is 1.24 bits per heavy atom. The van der Waals surface area contributed by atoms with Crippen LogP contribution in [0, 0.1) is 23.2 Å². The van der Waals surface area contributed by atoms with E-state index in [4.69, 9.17) is 11.5 Å². The third kappa shape index (κ3) is 4.20. The fourth-order valence-corrected chi connectivity index (χ4v) is 5.08. The van der Waals surface area contributed by atoms with Gasteiger partial charge in [-0.1, -0.05) is 20.8 Å². The molecule has 0 aromatic carbocycles. The van der Waals surface area contributed by atoms with Crippen LogP contribution in [0.1, 0.15) is 53.9 Å². The van der Waals surface area contributed by atoms with Crippen LogP contribution in [0.15, 0.2) is 0 Å². The molecule has 0 saturated heterocycles. The zero-order chi connectivity index (χ0) is 16.6. The Morgan fingerprint density at radius 2 is 1.76 bits per heavy atom. The van der Waals surface area contributed by atoms with Crippen LogP contribution in [0.5, 0.6) is 0 Å². The Labute approximate surface area is 131 Å². The molecule has 1 aliphatic rings. The van der Waals surface area contributed by atoms with E-state index >= 15 is 0 Å². The summed E-state index contributed by atoms with van der Waals surface area (Å²) < 4.78 is 23.6. The molecule has 6 unspecified atom stereocenters. The number of hydrogen-bond donors (Lipinski definition) is 2. The van der Waals surface area contributed by atoms with Crippen LogP contribution >= 0.6 is 0 Å². The smallest absolute Gasteiger partial charge is 0.150 e. The van der Waals surface area contributed by atoms with Crippen LogP contribution in [0.4, 0.5) is 0 Å². The first-order chi connectivity index (χ1) is 9.40. The highest BCUT2D eigenvalue weighted by molar-refractivity contribution is 7.91. The lowest BCUT2D eigenvalue weighted by atomic mass is 9.56. The van der Waals surface area contributed by atoms with Gasteiger partial charge in [-0.25, -0.2) is 8.42 Å². The first-order valence-electron chi connectivity index (χ1n) is 8.10. The highest BCUT2D eigenvalue weighted by Gasteiger charge is 2.48. The van der Waals surface area contributed by atoms with Crippen molar-refractivity contribution in [1.29, 1.82) is 0 Å². The number of rotatable bonds is 5. The van der Waals surface area contributed by atoms with E-state index in [0.29, 0.717) is 18.3 Å². The summed E-state index contributed by atoms with van der Waals surface area (Å²) in [5.74, 6) is 1.18. The van der Waals surface area contributed by atoms with Gasteiger partial charge in [-0.15, -0.1) is 0 Å². The Bertz CT molecular complexity index is 447. The van der Waals surface area contributed by atoms with Gasteiger partial charge in [0.1, 0.15) is 9.84 Å². The molecule has 0 spiro atoms. The second kappa shape index (κ2) is 6.55. The molecule has 1 saturated carbocycles. The van der Waals surface area contributed by atoms with Gasteiger partial charge < -0.3 is 11.5 Å². The van der Waals surface area contributed by atoms with Crippen molar-refractivity contribution in [1.82, 2.24) is 0 Å². The van der Waals surface area contributed by atoms with Gasteiger partial charge >= 0.3 is 0 Å². The van der Waals surface area contributed by atoms with Crippen molar-refractivity contribution >= 4 is 9.84 Å². The Morgan fingerprint density at radius 3 is 2.14 bits per heavy atom.